The third kappa shape index (κ3) is 6.58. The SMILES string of the molecule is Cc1nc(CC(=O)NCC2(CN(C)C)CC2)c(C2OCCO2)c(N[C@H](C)c2cccc(C(F)F)c2F)n1. The predicted molar refractivity (Wildman–Crippen MR) is 132 cm³/mol. The van der Waals surface area contributed by atoms with Gasteiger partial charge in [0, 0.05) is 24.1 Å². The molecule has 202 valence electrons. The van der Waals surface area contributed by atoms with Crippen LogP contribution in [0.25, 0.3) is 0 Å². The monoisotopic (exact) mass is 521 g/mol. The molecule has 11 heteroatoms. The average Bonchev–Trinajstić information content (AvgIpc) is 3.35. The standard InChI is InChI=1S/C26H34F3N5O3/c1-15(17-6-5-7-18(22(17)27)23(28)29)31-24-21(25-36-10-11-37-25)19(32-16(2)33-24)12-20(35)30-13-26(8-9-26)14-34(3)4/h5-7,15,23,25H,8-14H2,1-4H3,(H,30,35)(H,31,32,33)/t15-/m1/s1. The second-order valence-corrected chi connectivity index (χ2v) is 10.2. The Hall–Kier alpha value is -2.76. The maximum Gasteiger partial charge on any atom is 0.266 e. The Kier molecular flexibility index (Phi) is 8.35. The highest BCUT2D eigenvalue weighted by Gasteiger charge is 2.43. The lowest BCUT2D eigenvalue weighted by Crippen LogP contribution is -2.36. The molecule has 1 aromatic heterocycles. The van der Waals surface area contributed by atoms with Crippen molar-refractivity contribution >= 4 is 11.7 Å². The van der Waals surface area contributed by atoms with Crippen molar-refractivity contribution in [2.24, 2.45) is 5.41 Å². The Morgan fingerprint density at radius 1 is 1.19 bits per heavy atom. The maximum atomic E-state index is 14.8. The van der Waals surface area contributed by atoms with Crippen molar-refractivity contribution in [3.05, 3.63) is 52.2 Å². The molecule has 0 radical (unpaired) electrons. The zero-order valence-corrected chi connectivity index (χ0v) is 21.6. The van der Waals surface area contributed by atoms with Gasteiger partial charge in [0.1, 0.15) is 17.5 Å². The molecule has 2 aliphatic rings. The molecular formula is C26H34F3N5O3. The molecule has 2 aromatic rings. The maximum absolute atomic E-state index is 14.8. The van der Waals surface area contributed by atoms with Crippen LogP contribution in [-0.4, -0.2) is 61.2 Å². The summed E-state index contributed by atoms with van der Waals surface area (Å²) in [4.78, 5) is 24.1. The number of rotatable bonds is 11. The number of hydrogen-bond acceptors (Lipinski definition) is 7. The number of nitrogens with zero attached hydrogens (tertiary/aromatic N) is 3. The molecule has 1 saturated carbocycles. The summed E-state index contributed by atoms with van der Waals surface area (Å²) >= 11 is 0. The first-order chi connectivity index (χ1) is 17.6. The van der Waals surface area contributed by atoms with Crippen LogP contribution in [0.3, 0.4) is 0 Å². The number of carbonyl (C=O) groups excluding carboxylic acids is 1. The lowest BCUT2D eigenvalue weighted by molar-refractivity contribution is -0.120. The summed E-state index contributed by atoms with van der Waals surface area (Å²) in [5.41, 5.74) is 0.409. The molecule has 0 spiro atoms. The molecule has 1 aliphatic carbocycles. The number of amides is 1. The van der Waals surface area contributed by atoms with Crippen molar-refractivity contribution in [3.8, 4) is 0 Å². The van der Waals surface area contributed by atoms with Gasteiger partial charge in [-0.25, -0.2) is 23.1 Å². The highest BCUT2D eigenvalue weighted by Crippen LogP contribution is 2.45. The number of anilines is 1. The van der Waals surface area contributed by atoms with Gasteiger partial charge >= 0.3 is 0 Å². The van der Waals surface area contributed by atoms with Gasteiger partial charge in [-0.15, -0.1) is 0 Å². The fourth-order valence-electron chi connectivity index (χ4n) is 4.75. The number of benzene rings is 1. The molecule has 37 heavy (non-hydrogen) atoms. The van der Waals surface area contributed by atoms with E-state index >= 15 is 0 Å². The van der Waals surface area contributed by atoms with Crippen LogP contribution >= 0.6 is 0 Å². The van der Waals surface area contributed by atoms with E-state index in [2.05, 4.69) is 25.5 Å². The van der Waals surface area contributed by atoms with E-state index in [0.29, 0.717) is 42.7 Å². The first kappa shape index (κ1) is 27.3. The highest BCUT2D eigenvalue weighted by molar-refractivity contribution is 5.79. The lowest BCUT2D eigenvalue weighted by atomic mass is 10.0. The van der Waals surface area contributed by atoms with E-state index in [1.807, 2.05) is 14.1 Å². The second-order valence-electron chi connectivity index (χ2n) is 10.2. The summed E-state index contributed by atoms with van der Waals surface area (Å²) in [6.07, 6.45) is -1.61. The lowest BCUT2D eigenvalue weighted by Gasteiger charge is -2.23. The van der Waals surface area contributed by atoms with E-state index in [1.54, 1.807) is 13.8 Å². The van der Waals surface area contributed by atoms with Crippen molar-refractivity contribution in [1.29, 1.82) is 0 Å². The van der Waals surface area contributed by atoms with Crippen molar-refractivity contribution in [1.82, 2.24) is 20.2 Å². The van der Waals surface area contributed by atoms with Gasteiger partial charge in [-0.3, -0.25) is 4.79 Å². The molecule has 4 rings (SSSR count). The molecule has 2 N–H and O–H groups in total. The largest absolute Gasteiger partial charge is 0.363 e. The van der Waals surface area contributed by atoms with Crippen LogP contribution in [0, 0.1) is 18.2 Å². The minimum Gasteiger partial charge on any atom is -0.363 e. The molecule has 1 aliphatic heterocycles. The van der Waals surface area contributed by atoms with E-state index in [-0.39, 0.29) is 23.3 Å². The minimum absolute atomic E-state index is 0.0156. The Bertz CT molecular complexity index is 1120. The van der Waals surface area contributed by atoms with Gasteiger partial charge in [-0.1, -0.05) is 18.2 Å². The smallest absolute Gasteiger partial charge is 0.266 e. The van der Waals surface area contributed by atoms with Gasteiger partial charge in [0.25, 0.3) is 6.43 Å². The first-order valence-electron chi connectivity index (χ1n) is 12.4. The van der Waals surface area contributed by atoms with Crippen molar-refractivity contribution in [2.45, 2.75) is 51.9 Å². The Morgan fingerprint density at radius 2 is 1.86 bits per heavy atom. The first-order valence-corrected chi connectivity index (χ1v) is 12.4. The van der Waals surface area contributed by atoms with E-state index < -0.39 is 30.1 Å². The molecule has 2 heterocycles. The Labute approximate surface area is 214 Å². The van der Waals surface area contributed by atoms with Gasteiger partial charge in [-0.2, -0.15) is 0 Å². The molecule has 0 unspecified atom stereocenters. The van der Waals surface area contributed by atoms with Gasteiger partial charge in [0.2, 0.25) is 5.91 Å². The topological polar surface area (TPSA) is 88.6 Å². The van der Waals surface area contributed by atoms with Crippen LogP contribution in [-0.2, 0) is 20.7 Å². The number of carbonyl (C=O) groups is 1. The van der Waals surface area contributed by atoms with Crippen molar-refractivity contribution in [2.75, 3.05) is 45.7 Å². The number of hydrogen-bond donors (Lipinski definition) is 2. The van der Waals surface area contributed by atoms with Crippen LogP contribution in [0.5, 0.6) is 0 Å². The molecule has 1 aromatic carbocycles. The predicted octanol–water partition coefficient (Wildman–Crippen LogP) is 4.08. The number of aryl methyl sites for hydroxylation is 1. The molecule has 1 atom stereocenters. The third-order valence-corrected chi connectivity index (χ3v) is 6.70. The molecule has 8 nitrogen and oxygen atoms in total. The van der Waals surface area contributed by atoms with Gasteiger partial charge in [0.05, 0.1) is 42.5 Å². The third-order valence-electron chi connectivity index (χ3n) is 6.70. The zero-order valence-electron chi connectivity index (χ0n) is 21.6. The quantitative estimate of drug-likeness (QED) is 0.461. The van der Waals surface area contributed by atoms with Gasteiger partial charge in [-0.05, 0) is 40.8 Å². The summed E-state index contributed by atoms with van der Waals surface area (Å²) in [5, 5.41) is 6.16. The van der Waals surface area contributed by atoms with Gasteiger partial charge in [0.15, 0.2) is 6.29 Å². The van der Waals surface area contributed by atoms with E-state index in [1.165, 1.54) is 12.1 Å². The Morgan fingerprint density at radius 3 is 2.49 bits per heavy atom. The molecule has 0 bridgehead atoms. The number of nitrogens with one attached hydrogen (secondary N) is 2. The molecule has 2 fully saturated rings. The van der Waals surface area contributed by atoms with Crippen LogP contribution in [0.15, 0.2) is 18.2 Å². The Balaban J connectivity index is 1.57. The van der Waals surface area contributed by atoms with Crippen LogP contribution in [0.4, 0.5) is 19.0 Å². The summed E-state index contributed by atoms with van der Waals surface area (Å²) in [5.74, 6) is -0.447. The van der Waals surface area contributed by atoms with Crippen molar-refractivity contribution < 1.29 is 27.4 Å². The fraction of sp³-hybridized carbons (Fsp3) is 0.577. The van der Waals surface area contributed by atoms with Crippen LogP contribution in [0.1, 0.15) is 66.7 Å². The highest BCUT2D eigenvalue weighted by atomic mass is 19.3. The molecule has 1 amide bonds. The second kappa shape index (κ2) is 11.3. The number of halogens is 3. The van der Waals surface area contributed by atoms with Crippen LogP contribution in [0.2, 0.25) is 0 Å². The molecular weight excluding hydrogens is 487 g/mol. The summed E-state index contributed by atoms with van der Waals surface area (Å²) in [6, 6.07) is 3.20. The molecule has 1 saturated heterocycles. The average molecular weight is 522 g/mol. The van der Waals surface area contributed by atoms with E-state index in [9.17, 15) is 18.0 Å². The fourth-order valence-corrected chi connectivity index (χ4v) is 4.75. The summed E-state index contributed by atoms with van der Waals surface area (Å²) < 4.78 is 52.7. The number of ether oxygens (including phenoxy) is 2. The van der Waals surface area contributed by atoms with Crippen molar-refractivity contribution in [3.63, 3.8) is 0 Å². The summed E-state index contributed by atoms with van der Waals surface area (Å²) in [6.45, 7) is 5.55. The number of aromatic nitrogens is 2. The van der Waals surface area contributed by atoms with E-state index in [0.717, 1.165) is 25.5 Å². The normalized spacial score (nSPS) is 17.9. The zero-order chi connectivity index (χ0) is 26.7. The van der Waals surface area contributed by atoms with E-state index in [4.69, 9.17) is 9.47 Å². The van der Waals surface area contributed by atoms with Crippen LogP contribution < -0.4 is 10.6 Å². The number of alkyl halides is 2. The van der Waals surface area contributed by atoms with Gasteiger partial charge < -0.3 is 25.0 Å². The minimum atomic E-state index is -2.93. The summed E-state index contributed by atoms with van der Waals surface area (Å²) in [7, 11) is 4.04.